The number of benzene rings is 1. The quantitative estimate of drug-likeness (QED) is 0.526. The topological polar surface area (TPSA) is 78.5 Å². The number of ketones is 1. The molecule has 8 heteroatoms. The third-order valence-corrected chi connectivity index (χ3v) is 7.96. The number of rotatable bonds is 9. The van der Waals surface area contributed by atoms with Crippen molar-refractivity contribution in [3.8, 4) is 0 Å². The van der Waals surface area contributed by atoms with Crippen LogP contribution in [0, 0.1) is 23.5 Å². The molecule has 0 bridgehead atoms. The van der Waals surface area contributed by atoms with Crippen LogP contribution in [-0.4, -0.2) is 54.2 Å². The molecule has 2 saturated carbocycles. The summed E-state index contributed by atoms with van der Waals surface area (Å²) in [5.41, 5.74) is -0.387. The molecule has 2 aliphatic carbocycles. The number of nitrogens with one attached hydrogen (secondary N) is 2. The van der Waals surface area contributed by atoms with Crippen LogP contribution in [-0.2, 0) is 9.59 Å². The van der Waals surface area contributed by atoms with Crippen LogP contribution >= 0.6 is 0 Å². The van der Waals surface area contributed by atoms with Crippen LogP contribution in [0.3, 0.4) is 0 Å². The van der Waals surface area contributed by atoms with Gasteiger partial charge in [0.1, 0.15) is 17.2 Å². The van der Waals surface area contributed by atoms with E-state index in [2.05, 4.69) is 10.6 Å². The standard InChI is InChI=1S/C28H39F2N3O3/c1-17(2)27(35)26(18-7-4-3-5-8-18)32-28(36)24-22(29)13-12-21(25(24)30)19-9-6-14-33(16-19)23(34)15-31-20-10-11-20/h12-13,17-20,26,31H,3-11,14-16H2,1-2H3,(H,32,36)/t19?,26-/m1/s1. The largest absolute Gasteiger partial charge is 0.342 e. The van der Waals surface area contributed by atoms with E-state index in [0.717, 1.165) is 51.0 Å². The highest BCUT2D eigenvalue weighted by Crippen LogP contribution is 2.32. The fraction of sp³-hybridized carbons (Fsp3) is 0.679. The number of halogens is 2. The van der Waals surface area contributed by atoms with E-state index in [-0.39, 0.29) is 41.6 Å². The fourth-order valence-corrected chi connectivity index (χ4v) is 5.64. The molecular formula is C28H39F2N3O3. The van der Waals surface area contributed by atoms with Crippen molar-refractivity contribution in [2.75, 3.05) is 19.6 Å². The zero-order chi connectivity index (χ0) is 25.8. The first-order valence-corrected chi connectivity index (χ1v) is 13.6. The molecule has 1 saturated heterocycles. The Hall–Kier alpha value is -2.35. The number of nitrogens with zero attached hydrogens (tertiary/aromatic N) is 1. The average Bonchev–Trinajstić information content (AvgIpc) is 3.70. The minimum atomic E-state index is -0.939. The monoisotopic (exact) mass is 503 g/mol. The second-order valence-electron chi connectivity index (χ2n) is 11.1. The number of likely N-dealkylation sites (tertiary alicyclic amines) is 1. The smallest absolute Gasteiger partial charge is 0.257 e. The highest BCUT2D eigenvalue weighted by Gasteiger charge is 2.35. The summed E-state index contributed by atoms with van der Waals surface area (Å²) in [6.45, 7) is 4.78. The maximum Gasteiger partial charge on any atom is 0.257 e. The van der Waals surface area contributed by atoms with Crippen LogP contribution in [0.4, 0.5) is 8.78 Å². The highest BCUT2D eigenvalue weighted by atomic mass is 19.1. The van der Waals surface area contributed by atoms with Crippen LogP contribution in [0.1, 0.15) is 93.5 Å². The van der Waals surface area contributed by atoms with Crippen LogP contribution in [0.2, 0.25) is 0 Å². The summed E-state index contributed by atoms with van der Waals surface area (Å²) in [6, 6.07) is 2.19. The second kappa shape index (κ2) is 11.8. The van der Waals surface area contributed by atoms with E-state index < -0.39 is 29.1 Å². The van der Waals surface area contributed by atoms with Gasteiger partial charge in [-0.15, -0.1) is 0 Å². The van der Waals surface area contributed by atoms with E-state index in [1.165, 1.54) is 6.07 Å². The van der Waals surface area contributed by atoms with Gasteiger partial charge in [0.25, 0.3) is 5.91 Å². The van der Waals surface area contributed by atoms with Crippen LogP contribution in [0.5, 0.6) is 0 Å². The Labute approximate surface area is 212 Å². The second-order valence-corrected chi connectivity index (χ2v) is 11.1. The summed E-state index contributed by atoms with van der Waals surface area (Å²) in [7, 11) is 0. The normalized spacial score (nSPS) is 21.9. The Morgan fingerprint density at radius 3 is 2.39 bits per heavy atom. The van der Waals surface area contributed by atoms with E-state index in [9.17, 15) is 18.8 Å². The molecule has 1 aromatic rings. The summed E-state index contributed by atoms with van der Waals surface area (Å²) in [5.74, 6) is -3.46. The molecule has 198 valence electrons. The predicted molar refractivity (Wildman–Crippen MR) is 134 cm³/mol. The van der Waals surface area contributed by atoms with Crippen molar-refractivity contribution in [2.45, 2.75) is 89.6 Å². The van der Waals surface area contributed by atoms with Gasteiger partial charge in [-0.3, -0.25) is 14.4 Å². The Morgan fingerprint density at radius 1 is 1.00 bits per heavy atom. The van der Waals surface area contributed by atoms with Crippen molar-refractivity contribution in [1.29, 1.82) is 0 Å². The first-order chi connectivity index (χ1) is 17.3. The number of carbonyl (C=O) groups is 3. The van der Waals surface area contributed by atoms with E-state index >= 15 is 4.39 Å². The Balaban J connectivity index is 1.51. The zero-order valence-corrected chi connectivity index (χ0v) is 21.5. The molecule has 1 aliphatic heterocycles. The highest BCUT2D eigenvalue weighted by molar-refractivity contribution is 5.99. The number of carbonyl (C=O) groups excluding carboxylic acids is 3. The molecule has 1 aromatic carbocycles. The Bertz CT molecular complexity index is 973. The van der Waals surface area contributed by atoms with E-state index in [1.54, 1.807) is 18.7 Å². The van der Waals surface area contributed by atoms with Crippen LogP contribution in [0.15, 0.2) is 12.1 Å². The number of hydrogen-bond acceptors (Lipinski definition) is 4. The first-order valence-electron chi connectivity index (χ1n) is 13.6. The average molecular weight is 504 g/mol. The van der Waals surface area contributed by atoms with Crippen molar-refractivity contribution in [2.24, 2.45) is 11.8 Å². The summed E-state index contributed by atoms with van der Waals surface area (Å²) in [5, 5.41) is 5.93. The molecule has 1 heterocycles. The van der Waals surface area contributed by atoms with Gasteiger partial charge in [-0.25, -0.2) is 8.78 Å². The van der Waals surface area contributed by atoms with Crippen molar-refractivity contribution in [1.82, 2.24) is 15.5 Å². The van der Waals surface area contributed by atoms with Gasteiger partial charge < -0.3 is 15.5 Å². The number of Topliss-reactive ketones (excluding diaryl/α,β-unsaturated/α-hetero) is 1. The summed E-state index contributed by atoms with van der Waals surface area (Å²) in [6.07, 6.45) is 8.23. The lowest BCUT2D eigenvalue weighted by Gasteiger charge is -2.34. The minimum absolute atomic E-state index is 0.0189. The maximum atomic E-state index is 15.7. The van der Waals surface area contributed by atoms with Crippen LogP contribution in [0.25, 0.3) is 0 Å². The van der Waals surface area contributed by atoms with Gasteiger partial charge >= 0.3 is 0 Å². The zero-order valence-electron chi connectivity index (χ0n) is 21.5. The van der Waals surface area contributed by atoms with Gasteiger partial charge in [-0.05, 0) is 56.1 Å². The number of hydrogen-bond donors (Lipinski definition) is 2. The molecule has 3 fully saturated rings. The van der Waals surface area contributed by atoms with E-state index in [1.807, 2.05) is 0 Å². The van der Waals surface area contributed by atoms with Crippen molar-refractivity contribution in [3.05, 3.63) is 34.9 Å². The summed E-state index contributed by atoms with van der Waals surface area (Å²) in [4.78, 5) is 40.5. The van der Waals surface area contributed by atoms with Crippen LogP contribution < -0.4 is 10.6 Å². The first kappa shape index (κ1) is 26.7. The lowest BCUT2D eigenvalue weighted by atomic mass is 9.80. The third-order valence-electron chi connectivity index (χ3n) is 7.96. The lowest BCUT2D eigenvalue weighted by molar-refractivity contribution is -0.131. The molecule has 0 aromatic heterocycles. The van der Waals surface area contributed by atoms with Gasteiger partial charge in [0.05, 0.1) is 12.6 Å². The summed E-state index contributed by atoms with van der Waals surface area (Å²) >= 11 is 0. The number of piperidine rings is 1. The lowest BCUT2D eigenvalue weighted by Crippen LogP contribution is -2.48. The van der Waals surface area contributed by atoms with Gasteiger partial charge in [0.15, 0.2) is 5.78 Å². The van der Waals surface area contributed by atoms with Crippen molar-refractivity contribution in [3.63, 3.8) is 0 Å². The fourth-order valence-electron chi connectivity index (χ4n) is 5.64. The van der Waals surface area contributed by atoms with Gasteiger partial charge in [-0.2, -0.15) is 0 Å². The molecular weight excluding hydrogens is 464 g/mol. The molecule has 0 radical (unpaired) electrons. The van der Waals surface area contributed by atoms with E-state index in [0.29, 0.717) is 32.0 Å². The van der Waals surface area contributed by atoms with Crippen molar-refractivity contribution >= 4 is 17.6 Å². The number of amides is 2. The Morgan fingerprint density at radius 2 is 1.72 bits per heavy atom. The molecule has 6 nitrogen and oxygen atoms in total. The third kappa shape index (κ3) is 6.31. The maximum absolute atomic E-state index is 15.7. The summed E-state index contributed by atoms with van der Waals surface area (Å²) < 4.78 is 30.5. The van der Waals surface area contributed by atoms with E-state index in [4.69, 9.17) is 0 Å². The molecule has 2 atom stereocenters. The SMILES string of the molecule is CC(C)C(=O)[C@H](NC(=O)c1c(F)ccc(C2CCCN(C(=O)CNC3CC3)C2)c1F)C1CCCCC1. The molecule has 1 unspecified atom stereocenters. The minimum Gasteiger partial charge on any atom is -0.342 e. The molecule has 2 amide bonds. The molecule has 4 rings (SSSR count). The molecule has 0 spiro atoms. The van der Waals surface area contributed by atoms with Gasteiger partial charge in [0.2, 0.25) is 5.91 Å². The van der Waals surface area contributed by atoms with Gasteiger partial charge in [0, 0.05) is 31.0 Å². The predicted octanol–water partition coefficient (Wildman–Crippen LogP) is 4.33. The van der Waals surface area contributed by atoms with Crippen molar-refractivity contribution < 1.29 is 23.2 Å². The Kier molecular flexibility index (Phi) is 8.75. The van der Waals surface area contributed by atoms with Gasteiger partial charge in [-0.1, -0.05) is 39.2 Å². The molecule has 36 heavy (non-hydrogen) atoms. The molecule has 2 N–H and O–H groups in total. The molecule has 3 aliphatic rings.